The van der Waals surface area contributed by atoms with E-state index in [4.69, 9.17) is 5.73 Å². The minimum atomic E-state index is 0.187. The Morgan fingerprint density at radius 2 is 2.22 bits per heavy atom. The summed E-state index contributed by atoms with van der Waals surface area (Å²) in [5.41, 5.74) is 6.36. The standard InChI is InChI=1S/C15H18N2O/c1-11(9-16)5-6-15(18)14-4-2-3-12-10-17-8-7-13(12)14/h2-4,7-8,10-11H,5-6,9,16H2,1H3. The largest absolute Gasteiger partial charge is 0.330 e. The highest BCUT2D eigenvalue weighted by molar-refractivity contribution is 6.07. The third kappa shape index (κ3) is 2.74. The Kier molecular flexibility index (Phi) is 4.05. The molecule has 0 spiro atoms. The minimum Gasteiger partial charge on any atom is -0.330 e. The van der Waals surface area contributed by atoms with E-state index in [0.29, 0.717) is 18.9 Å². The van der Waals surface area contributed by atoms with Gasteiger partial charge in [-0.15, -0.1) is 0 Å². The first-order valence-corrected chi connectivity index (χ1v) is 6.28. The van der Waals surface area contributed by atoms with E-state index in [1.807, 2.05) is 24.3 Å². The van der Waals surface area contributed by atoms with Crippen LogP contribution in [0.25, 0.3) is 10.8 Å². The van der Waals surface area contributed by atoms with E-state index >= 15 is 0 Å². The second kappa shape index (κ2) is 5.74. The van der Waals surface area contributed by atoms with E-state index in [-0.39, 0.29) is 5.78 Å². The molecule has 0 bridgehead atoms. The first-order valence-electron chi connectivity index (χ1n) is 6.28. The topological polar surface area (TPSA) is 56.0 Å². The molecule has 1 heterocycles. The molecule has 1 aromatic carbocycles. The SMILES string of the molecule is CC(CN)CCC(=O)c1cccc2cnccc12. The molecule has 2 N–H and O–H groups in total. The molecule has 0 aliphatic rings. The predicted molar refractivity (Wildman–Crippen MR) is 73.5 cm³/mol. The van der Waals surface area contributed by atoms with Crippen molar-refractivity contribution in [3.05, 3.63) is 42.2 Å². The van der Waals surface area contributed by atoms with Crippen LogP contribution in [0.5, 0.6) is 0 Å². The molecule has 0 aliphatic heterocycles. The van der Waals surface area contributed by atoms with Crippen LogP contribution in [0.2, 0.25) is 0 Å². The van der Waals surface area contributed by atoms with E-state index in [0.717, 1.165) is 22.8 Å². The molecule has 0 saturated carbocycles. The Balaban J connectivity index is 2.22. The van der Waals surface area contributed by atoms with Gasteiger partial charge in [0.05, 0.1) is 0 Å². The molecule has 1 aromatic heterocycles. The lowest BCUT2D eigenvalue weighted by Crippen LogP contribution is -2.12. The molecule has 2 aromatic rings. The summed E-state index contributed by atoms with van der Waals surface area (Å²) in [6.07, 6.45) is 4.91. The number of hydrogen-bond acceptors (Lipinski definition) is 3. The number of fused-ring (bicyclic) bond motifs is 1. The molecule has 0 amide bonds. The van der Waals surface area contributed by atoms with Crippen molar-refractivity contribution in [1.82, 2.24) is 4.98 Å². The zero-order valence-corrected chi connectivity index (χ0v) is 10.6. The van der Waals surface area contributed by atoms with Gasteiger partial charge in [0.15, 0.2) is 5.78 Å². The smallest absolute Gasteiger partial charge is 0.163 e. The lowest BCUT2D eigenvalue weighted by molar-refractivity contribution is 0.0976. The number of carbonyl (C=O) groups excluding carboxylic acids is 1. The molecule has 0 aliphatic carbocycles. The number of nitrogens with two attached hydrogens (primary N) is 1. The number of rotatable bonds is 5. The first kappa shape index (κ1) is 12.7. The Hall–Kier alpha value is -1.74. The maximum absolute atomic E-state index is 12.2. The Bertz CT molecular complexity index is 546. The predicted octanol–water partition coefficient (Wildman–Crippen LogP) is 2.79. The maximum atomic E-state index is 12.2. The molecule has 2 rings (SSSR count). The van der Waals surface area contributed by atoms with Crippen LogP contribution in [0.15, 0.2) is 36.7 Å². The Morgan fingerprint density at radius 3 is 3.00 bits per heavy atom. The van der Waals surface area contributed by atoms with Crippen molar-refractivity contribution in [1.29, 1.82) is 0 Å². The third-order valence-corrected chi connectivity index (χ3v) is 3.25. The second-order valence-electron chi connectivity index (χ2n) is 4.71. The van der Waals surface area contributed by atoms with Gasteiger partial charge in [0, 0.05) is 29.8 Å². The fourth-order valence-electron chi connectivity index (χ4n) is 2.00. The highest BCUT2D eigenvalue weighted by atomic mass is 16.1. The number of pyridine rings is 1. The van der Waals surface area contributed by atoms with Gasteiger partial charge in [0.2, 0.25) is 0 Å². The molecule has 18 heavy (non-hydrogen) atoms. The normalized spacial score (nSPS) is 12.6. The molecular weight excluding hydrogens is 224 g/mol. The van der Waals surface area contributed by atoms with Crippen LogP contribution in [0.4, 0.5) is 0 Å². The quantitative estimate of drug-likeness (QED) is 0.820. The number of ketones is 1. The molecule has 3 nitrogen and oxygen atoms in total. The van der Waals surface area contributed by atoms with Crippen LogP contribution in [-0.2, 0) is 0 Å². The van der Waals surface area contributed by atoms with Crippen LogP contribution < -0.4 is 5.73 Å². The molecule has 1 unspecified atom stereocenters. The number of nitrogens with zero attached hydrogens (tertiary/aromatic N) is 1. The van der Waals surface area contributed by atoms with Gasteiger partial charge in [0.1, 0.15) is 0 Å². The van der Waals surface area contributed by atoms with Crippen molar-refractivity contribution in [2.24, 2.45) is 11.7 Å². The summed E-state index contributed by atoms with van der Waals surface area (Å²) in [5, 5.41) is 1.99. The summed E-state index contributed by atoms with van der Waals surface area (Å²) in [6.45, 7) is 2.70. The van der Waals surface area contributed by atoms with Crippen molar-refractivity contribution >= 4 is 16.6 Å². The van der Waals surface area contributed by atoms with Crippen LogP contribution in [0, 0.1) is 5.92 Å². The van der Waals surface area contributed by atoms with Crippen LogP contribution >= 0.6 is 0 Å². The fraction of sp³-hybridized carbons (Fsp3) is 0.333. The number of carbonyl (C=O) groups is 1. The molecule has 94 valence electrons. The van der Waals surface area contributed by atoms with E-state index in [2.05, 4.69) is 11.9 Å². The average Bonchev–Trinajstić information content (AvgIpc) is 2.43. The summed E-state index contributed by atoms with van der Waals surface area (Å²) in [6, 6.07) is 7.66. The van der Waals surface area contributed by atoms with Gasteiger partial charge in [-0.1, -0.05) is 25.1 Å². The van der Waals surface area contributed by atoms with Gasteiger partial charge < -0.3 is 5.73 Å². The third-order valence-electron chi connectivity index (χ3n) is 3.25. The summed E-state index contributed by atoms with van der Waals surface area (Å²) < 4.78 is 0. The number of hydrogen-bond donors (Lipinski definition) is 1. The van der Waals surface area contributed by atoms with Crippen molar-refractivity contribution in [2.75, 3.05) is 6.54 Å². The van der Waals surface area contributed by atoms with Gasteiger partial charge in [-0.25, -0.2) is 0 Å². The van der Waals surface area contributed by atoms with Crippen molar-refractivity contribution < 1.29 is 4.79 Å². The highest BCUT2D eigenvalue weighted by Crippen LogP contribution is 2.20. The molecule has 0 radical (unpaired) electrons. The Labute approximate surface area is 107 Å². The van der Waals surface area contributed by atoms with Crippen molar-refractivity contribution in [3.8, 4) is 0 Å². The summed E-state index contributed by atoms with van der Waals surface area (Å²) in [5.74, 6) is 0.581. The zero-order valence-electron chi connectivity index (χ0n) is 10.6. The summed E-state index contributed by atoms with van der Waals surface area (Å²) in [7, 11) is 0. The van der Waals surface area contributed by atoms with E-state index < -0.39 is 0 Å². The van der Waals surface area contributed by atoms with Gasteiger partial charge in [-0.05, 0) is 30.3 Å². The molecular formula is C15H18N2O. The number of Topliss-reactive ketones (excluding diaryl/α,β-unsaturated/α-hetero) is 1. The van der Waals surface area contributed by atoms with Crippen molar-refractivity contribution in [2.45, 2.75) is 19.8 Å². The van der Waals surface area contributed by atoms with Crippen LogP contribution in [-0.4, -0.2) is 17.3 Å². The number of benzene rings is 1. The van der Waals surface area contributed by atoms with Crippen LogP contribution in [0.3, 0.4) is 0 Å². The first-order chi connectivity index (χ1) is 8.72. The van der Waals surface area contributed by atoms with Gasteiger partial charge >= 0.3 is 0 Å². The van der Waals surface area contributed by atoms with Gasteiger partial charge in [0.25, 0.3) is 0 Å². The van der Waals surface area contributed by atoms with Crippen molar-refractivity contribution in [3.63, 3.8) is 0 Å². The molecule has 1 atom stereocenters. The van der Waals surface area contributed by atoms with Gasteiger partial charge in [-0.3, -0.25) is 9.78 Å². The number of aromatic nitrogens is 1. The zero-order chi connectivity index (χ0) is 13.0. The molecule has 0 saturated heterocycles. The summed E-state index contributed by atoms with van der Waals surface area (Å²) >= 11 is 0. The minimum absolute atomic E-state index is 0.187. The highest BCUT2D eigenvalue weighted by Gasteiger charge is 2.11. The fourth-order valence-corrected chi connectivity index (χ4v) is 2.00. The average molecular weight is 242 g/mol. The molecule has 3 heteroatoms. The van der Waals surface area contributed by atoms with E-state index in [1.165, 1.54) is 0 Å². The van der Waals surface area contributed by atoms with E-state index in [9.17, 15) is 4.79 Å². The maximum Gasteiger partial charge on any atom is 0.163 e. The lowest BCUT2D eigenvalue weighted by Gasteiger charge is -2.08. The lowest BCUT2D eigenvalue weighted by atomic mass is 9.97. The van der Waals surface area contributed by atoms with Crippen LogP contribution in [0.1, 0.15) is 30.1 Å². The monoisotopic (exact) mass is 242 g/mol. The van der Waals surface area contributed by atoms with Gasteiger partial charge in [-0.2, -0.15) is 0 Å². The van der Waals surface area contributed by atoms with E-state index in [1.54, 1.807) is 12.4 Å². The summed E-state index contributed by atoms with van der Waals surface area (Å²) in [4.78, 5) is 16.3. The Morgan fingerprint density at radius 1 is 1.39 bits per heavy atom. The second-order valence-corrected chi connectivity index (χ2v) is 4.71. The molecule has 0 fully saturated rings.